The van der Waals surface area contributed by atoms with Crippen molar-refractivity contribution in [1.29, 1.82) is 0 Å². The van der Waals surface area contributed by atoms with Gasteiger partial charge in [-0.25, -0.2) is 9.68 Å². The quantitative estimate of drug-likeness (QED) is 0.505. The molecule has 0 spiro atoms. The third-order valence-corrected chi connectivity index (χ3v) is 0.501. The van der Waals surface area contributed by atoms with Gasteiger partial charge in [0.15, 0.2) is 0 Å². The molecule has 0 aliphatic heterocycles. The van der Waals surface area contributed by atoms with Crippen molar-refractivity contribution in [2.45, 2.75) is 6.92 Å². The Morgan fingerprint density at radius 1 is 1.33 bits per heavy atom. The first-order valence-electron chi connectivity index (χ1n) is 2.27. The summed E-state index contributed by atoms with van der Waals surface area (Å²) in [7, 11) is 2.62. The van der Waals surface area contributed by atoms with Crippen LogP contribution in [-0.2, 0) is 19.3 Å². The standard InChI is InChI=1S/C4H9NO4/c1-4(6)9-5(7-2)8-3/h1-3H3. The molecule has 0 radical (unpaired) electrons. The van der Waals surface area contributed by atoms with E-state index in [0.29, 0.717) is 5.39 Å². The van der Waals surface area contributed by atoms with Crippen LogP contribution in [0.2, 0.25) is 0 Å². The average molecular weight is 135 g/mol. The van der Waals surface area contributed by atoms with E-state index >= 15 is 0 Å². The van der Waals surface area contributed by atoms with Crippen LogP contribution in [0, 0.1) is 0 Å². The molecule has 9 heavy (non-hydrogen) atoms. The zero-order valence-corrected chi connectivity index (χ0v) is 5.58. The Balaban J connectivity index is 3.43. The Hall–Kier alpha value is -0.650. The van der Waals surface area contributed by atoms with Crippen molar-refractivity contribution < 1.29 is 19.3 Å². The molecule has 0 fully saturated rings. The van der Waals surface area contributed by atoms with Crippen LogP contribution in [0.4, 0.5) is 0 Å². The molecule has 0 heterocycles. The molecule has 0 rings (SSSR count). The number of hydrogen-bond donors (Lipinski definition) is 0. The number of carbonyl (C=O) groups excluding carboxylic acids is 1. The number of nitrogens with zero attached hydrogens (tertiary/aromatic N) is 1. The van der Waals surface area contributed by atoms with E-state index in [2.05, 4.69) is 14.5 Å². The summed E-state index contributed by atoms with van der Waals surface area (Å²) < 4.78 is 0. The molecule has 0 aromatic heterocycles. The predicted octanol–water partition coefficient (Wildman–Crippen LogP) is -0.111. The number of carbonyl (C=O) groups is 1. The Bertz CT molecular complexity index is 90.6. The van der Waals surface area contributed by atoms with Gasteiger partial charge >= 0.3 is 5.97 Å². The van der Waals surface area contributed by atoms with E-state index in [4.69, 9.17) is 0 Å². The van der Waals surface area contributed by atoms with Crippen molar-refractivity contribution in [2.24, 2.45) is 0 Å². The van der Waals surface area contributed by atoms with Crippen molar-refractivity contribution in [3.8, 4) is 0 Å². The molecular formula is C4H9NO4. The molecule has 5 heteroatoms. The van der Waals surface area contributed by atoms with E-state index in [1.54, 1.807) is 0 Å². The van der Waals surface area contributed by atoms with Gasteiger partial charge in [-0.15, -0.1) is 0 Å². The van der Waals surface area contributed by atoms with Gasteiger partial charge in [0, 0.05) is 6.92 Å². The SMILES string of the molecule is CON(OC)OC(C)=O. The maximum Gasteiger partial charge on any atom is 0.327 e. The van der Waals surface area contributed by atoms with E-state index in [9.17, 15) is 4.79 Å². The third-order valence-electron chi connectivity index (χ3n) is 0.501. The molecule has 0 unspecified atom stereocenters. The zero-order valence-electron chi connectivity index (χ0n) is 5.58. The van der Waals surface area contributed by atoms with Crippen molar-refractivity contribution in [2.75, 3.05) is 14.2 Å². The molecule has 0 N–H and O–H groups in total. The highest BCUT2D eigenvalue weighted by Gasteiger charge is 2.03. The third kappa shape index (κ3) is 3.89. The van der Waals surface area contributed by atoms with Gasteiger partial charge in [-0.2, -0.15) is 0 Å². The molecule has 0 saturated heterocycles. The number of hydrogen-bond acceptors (Lipinski definition) is 5. The molecular weight excluding hydrogens is 126 g/mol. The summed E-state index contributed by atoms with van der Waals surface area (Å²) in [5.41, 5.74) is 0. The fourth-order valence-corrected chi connectivity index (χ4v) is 0.254. The van der Waals surface area contributed by atoms with Gasteiger partial charge in [0.05, 0.1) is 14.2 Å². The second kappa shape index (κ2) is 4.25. The average Bonchev–Trinajstić information content (AvgIpc) is 1.82. The smallest absolute Gasteiger partial charge is 0.318 e. The van der Waals surface area contributed by atoms with E-state index < -0.39 is 5.97 Å². The molecule has 0 atom stereocenters. The molecule has 0 saturated carbocycles. The van der Waals surface area contributed by atoms with Gasteiger partial charge in [0.2, 0.25) is 0 Å². The van der Waals surface area contributed by atoms with E-state index in [1.807, 2.05) is 0 Å². The van der Waals surface area contributed by atoms with E-state index in [0.717, 1.165) is 0 Å². The van der Waals surface area contributed by atoms with Gasteiger partial charge in [-0.3, -0.25) is 4.79 Å². The van der Waals surface area contributed by atoms with Crippen molar-refractivity contribution >= 4 is 5.97 Å². The summed E-state index contributed by atoms with van der Waals surface area (Å²) >= 11 is 0. The van der Waals surface area contributed by atoms with Gasteiger partial charge in [0.25, 0.3) is 0 Å². The fraction of sp³-hybridized carbons (Fsp3) is 0.750. The lowest BCUT2D eigenvalue weighted by atomic mass is 10.8. The summed E-state index contributed by atoms with van der Waals surface area (Å²) in [4.78, 5) is 23.2. The minimum Gasteiger partial charge on any atom is -0.318 e. The van der Waals surface area contributed by atoms with Crippen LogP contribution in [0.1, 0.15) is 6.92 Å². The highest BCUT2D eigenvalue weighted by Crippen LogP contribution is 1.88. The van der Waals surface area contributed by atoms with Crippen LogP contribution < -0.4 is 0 Å². The van der Waals surface area contributed by atoms with Crippen molar-refractivity contribution in [1.82, 2.24) is 5.39 Å². The lowest BCUT2D eigenvalue weighted by Gasteiger charge is -2.11. The normalized spacial score (nSPS) is 9.78. The maximum absolute atomic E-state index is 10.1. The molecule has 0 aromatic rings. The van der Waals surface area contributed by atoms with Crippen LogP contribution >= 0.6 is 0 Å². The minimum absolute atomic E-state index is 0.501. The Morgan fingerprint density at radius 2 is 1.78 bits per heavy atom. The monoisotopic (exact) mass is 135 g/mol. The van der Waals surface area contributed by atoms with Gasteiger partial charge in [0.1, 0.15) is 5.39 Å². The van der Waals surface area contributed by atoms with Crippen LogP contribution in [0.5, 0.6) is 0 Å². The molecule has 5 nitrogen and oxygen atoms in total. The summed E-state index contributed by atoms with van der Waals surface area (Å²) in [5.74, 6) is -0.501. The summed E-state index contributed by atoms with van der Waals surface area (Å²) in [6.07, 6.45) is 0. The predicted molar refractivity (Wildman–Crippen MR) is 27.6 cm³/mol. The topological polar surface area (TPSA) is 48.0 Å². The molecule has 0 aromatic carbocycles. The molecule has 0 amide bonds. The van der Waals surface area contributed by atoms with E-state index in [1.165, 1.54) is 21.1 Å². The lowest BCUT2D eigenvalue weighted by Crippen LogP contribution is -2.23. The second-order valence-corrected chi connectivity index (χ2v) is 1.17. The molecule has 54 valence electrons. The van der Waals surface area contributed by atoms with Gasteiger partial charge in [-0.05, 0) is 0 Å². The minimum atomic E-state index is -0.501. The van der Waals surface area contributed by atoms with Gasteiger partial charge in [-0.1, -0.05) is 0 Å². The van der Waals surface area contributed by atoms with Crippen LogP contribution in [0.15, 0.2) is 0 Å². The number of rotatable bonds is 3. The van der Waals surface area contributed by atoms with Gasteiger partial charge < -0.3 is 4.84 Å². The summed E-state index contributed by atoms with van der Waals surface area (Å²) in [6.45, 7) is 1.24. The van der Waals surface area contributed by atoms with Crippen LogP contribution in [0.25, 0.3) is 0 Å². The highest BCUT2D eigenvalue weighted by molar-refractivity contribution is 5.65. The molecule has 0 aliphatic rings. The molecule has 0 aliphatic carbocycles. The van der Waals surface area contributed by atoms with Crippen LogP contribution in [0.3, 0.4) is 0 Å². The first-order chi connectivity index (χ1) is 4.20. The van der Waals surface area contributed by atoms with Crippen LogP contribution in [-0.4, -0.2) is 25.6 Å². The fourth-order valence-electron chi connectivity index (χ4n) is 0.254. The highest BCUT2D eigenvalue weighted by atomic mass is 17.2. The zero-order chi connectivity index (χ0) is 7.28. The van der Waals surface area contributed by atoms with E-state index in [-0.39, 0.29) is 0 Å². The first-order valence-corrected chi connectivity index (χ1v) is 2.27. The van der Waals surface area contributed by atoms with Crippen molar-refractivity contribution in [3.05, 3.63) is 0 Å². The maximum atomic E-state index is 10.1. The Kier molecular flexibility index (Phi) is 3.94. The van der Waals surface area contributed by atoms with Crippen molar-refractivity contribution in [3.63, 3.8) is 0 Å². The lowest BCUT2D eigenvalue weighted by molar-refractivity contribution is -0.489. The summed E-state index contributed by atoms with van der Waals surface area (Å²) in [5, 5.41) is 0.600. The Labute approximate surface area is 53.0 Å². The molecule has 0 bridgehead atoms. The Morgan fingerprint density at radius 3 is 1.89 bits per heavy atom. The summed E-state index contributed by atoms with van der Waals surface area (Å²) in [6, 6.07) is 0. The largest absolute Gasteiger partial charge is 0.327 e. The second-order valence-electron chi connectivity index (χ2n) is 1.17. The first kappa shape index (κ1) is 8.35.